The molecule has 1 amide bonds. The van der Waals surface area contributed by atoms with Crippen molar-refractivity contribution in [2.45, 2.75) is 43.2 Å². The zero-order valence-electron chi connectivity index (χ0n) is 17.9. The molecule has 6 nitrogen and oxygen atoms in total. The Morgan fingerprint density at radius 3 is 2.45 bits per heavy atom. The molecule has 1 fully saturated rings. The van der Waals surface area contributed by atoms with Crippen LogP contribution in [0, 0.1) is 0 Å². The van der Waals surface area contributed by atoms with Gasteiger partial charge >= 0.3 is 6.18 Å². The summed E-state index contributed by atoms with van der Waals surface area (Å²) in [4.78, 5) is 12.5. The summed E-state index contributed by atoms with van der Waals surface area (Å²) in [5, 5.41) is 2.36. The number of rotatable bonds is 7. The lowest BCUT2D eigenvalue weighted by molar-refractivity contribution is -0.137. The molecule has 3 rings (SSSR count). The van der Waals surface area contributed by atoms with Crippen LogP contribution in [0.3, 0.4) is 0 Å². The molecule has 1 heterocycles. The maximum absolute atomic E-state index is 13.0. The molecule has 0 aromatic heterocycles. The van der Waals surface area contributed by atoms with Crippen LogP contribution < -0.4 is 10.1 Å². The van der Waals surface area contributed by atoms with Crippen molar-refractivity contribution in [3.8, 4) is 5.75 Å². The lowest BCUT2D eigenvalue weighted by Crippen LogP contribution is -2.35. The van der Waals surface area contributed by atoms with Gasteiger partial charge in [-0.1, -0.05) is 18.0 Å². The summed E-state index contributed by atoms with van der Waals surface area (Å²) in [5.74, 6) is -0.153. The Labute approximate surface area is 195 Å². The van der Waals surface area contributed by atoms with Gasteiger partial charge in [0, 0.05) is 19.5 Å². The first-order valence-electron chi connectivity index (χ1n) is 10.4. The zero-order valence-corrected chi connectivity index (χ0v) is 19.5. The van der Waals surface area contributed by atoms with Gasteiger partial charge < -0.3 is 10.1 Å². The first-order valence-corrected chi connectivity index (χ1v) is 12.2. The van der Waals surface area contributed by atoms with Crippen LogP contribution in [0.4, 0.5) is 18.9 Å². The van der Waals surface area contributed by atoms with Gasteiger partial charge in [0.1, 0.15) is 5.75 Å². The fraction of sp³-hybridized carbons (Fsp3) is 0.409. The summed E-state index contributed by atoms with van der Waals surface area (Å²) < 4.78 is 71.5. The lowest BCUT2D eigenvalue weighted by atomic mass is 10.1. The predicted octanol–water partition coefficient (Wildman–Crippen LogP) is 5.11. The van der Waals surface area contributed by atoms with Crippen LogP contribution in [0.1, 0.15) is 36.8 Å². The Morgan fingerprint density at radius 1 is 1.12 bits per heavy atom. The van der Waals surface area contributed by atoms with E-state index >= 15 is 0 Å². The van der Waals surface area contributed by atoms with Gasteiger partial charge in [-0.15, -0.1) is 0 Å². The molecule has 1 N–H and O–H groups in total. The third-order valence-corrected chi connectivity index (χ3v) is 7.62. The van der Waals surface area contributed by atoms with Crippen LogP contribution in [0.2, 0.25) is 5.02 Å². The van der Waals surface area contributed by atoms with Crippen molar-refractivity contribution in [2.75, 3.05) is 25.5 Å². The van der Waals surface area contributed by atoms with Gasteiger partial charge in [-0.3, -0.25) is 4.79 Å². The first kappa shape index (κ1) is 25.3. The highest BCUT2D eigenvalue weighted by Crippen LogP contribution is 2.34. The van der Waals surface area contributed by atoms with E-state index in [1.54, 1.807) is 0 Å². The quantitative estimate of drug-likeness (QED) is 0.568. The van der Waals surface area contributed by atoms with E-state index in [1.807, 2.05) is 0 Å². The summed E-state index contributed by atoms with van der Waals surface area (Å²) in [5.41, 5.74) is -0.578. The standard InChI is InChI=1S/C22H24ClF3N2O4S/c1-32-20-9-7-17(33(30,31)28-11-3-2-4-12-28)13-15(20)5-10-21(29)27-19-14-16(22(24,25)26)6-8-18(19)23/h6-9,13-14H,2-5,10-12H2,1H3,(H,27,29). The maximum atomic E-state index is 13.0. The minimum absolute atomic E-state index is 0.0245. The Kier molecular flexibility index (Phi) is 7.92. The van der Waals surface area contributed by atoms with Gasteiger partial charge in [0.2, 0.25) is 15.9 Å². The molecule has 1 saturated heterocycles. The Balaban J connectivity index is 1.74. The summed E-state index contributed by atoms with van der Waals surface area (Å²) in [6, 6.07) is 7.15. The largest absolute Gasteiger partial charge is 0.496 e. The summed E-state index contributed by atoms with van der Waals surface area (Å²) >= 11 is 5.93. The van der Waals surface area contributed by atoms with Crippen molar-refractivity contribution in [3.05, 3.63) is 52.5 Å². The molecule has 11 heteroatoms. The number of ether oxygens (including phenoxy) is 1. The molecular weight excluding hydrogens is 481 g/mol. The number of sulfonamides is 1. The predicted molar refractivity (Wildman–Crippen MR) is 119 cm³/mol. The number of alkyl halides is 3. The number of nitrogens with zero attached hydrogens (tertiary/aromatic N) is 1. The Bertz CT molecular complexity index is 1120. The number of hydrogen-bond donors (Lipinski definition) is 1. The average Bonchev–Trinajstić information content (AvgIpc) is 2.78. The summed E-state index contributed by atoms with van der Waals surface area (Å²) in [6.45, 7) is 0.924. The summed E-state index contributed by atoms with van der Waals surface area (Å²) in [7, 11) is -2.24. The number of carbonyl (C=O) groups is 1. The van der Waals surface area contributed by atoms with Crippen molar-refractivity contribution in [2.24, 2.45) is 0 Å². The van der Waals surface area contributed by atoms with Crippen LogP contribution in [-0.4, -0.2) is 38.8 Å². The molecule has 0 unspecified atom stereocenters. The number of halogens is 4. The highest BCUT2D eigenvalue weighted by molar-refractivity contribution is 7.89. The third kappa shape index (κ3) is 6.18. The molecule has 2 aromatic carbocycles. The number of aryl methyl sites for hydroxylation is 1. The Morgan fingerprint density at radius 2 is 1.82 bits per heavy atom. The molecule has 180 valence electrons. The third-order valence-electron chi connectivity index (χ3n) is 5.39. The van der Waals surface area contributed by atoms with Gasteiger partial charge in [-0.25, -0.2) is 8.42 Å². The normalized spacial score (nSPS) is 15.3. The second-order valence-electron chi connectivity index (χ2n) is 7.68. The van der Waals surface area contributed by atoms with Gasteiger partial charge in [-0.05, 0) is 61.2 Å². The second-order valence-corrected chi connectivity index (χ2v) is 10.0. The van der Waals surface area contributed by atoms with Crippen molar-refractivity contribution in [3.63, 3.8) is 0 Å². The molecule has 0 saturated carbocycles. The highest BCUT2D eigenvalue weighted by Gasteiger charge is 2.31. The zero-order chi connectivity index (χ0) is 24.2. The van der Waals surface area contributed by atoms with E-state index in [1.165, 1.54) is 29.6 Å². The first-order chi connectivity index (χ1) is 15.5. The monoisotopic (exact) mass is 504 g/mol. The molecule has 0 spiro atoms. The number of benzene rings is 2. The highest BCUT2D eigenvalue weighted by atomic mass is 35.5. The number of methoxy groups -OCH3 is 1. The molecule has 1 aliphatic rings. The van der Waals surface area contributed by atoms with Crippen molar-refractivity contribution in [1.29, 1.82) is 0 Å². The van der Waals surface area contributed by atoms with Crippen LogP contribution >= 0.6 is 11.6 Å². The van der Waals surface area contributed by atoms with Crippen LogP contribution in [-0.2, 0) is 27.4 Å². The van der Waals surface area contributed by atoms with E-state index in [0.29, 0.717) is 24.4 Å². The topological polar surface area (TPSA) is 75.7 Å². The summed E-state index contributed by atoms with van der Waals surface area (Å²) in [6.07, 6.45) is -1.96. The molecule has 0 bridgehead atoms. The average molecular weight is 505 g/mol. The van der Waals surface area contributed by atoms with Crippen LogP contribution in [0.15, 0.2) is 41.3 Å². The van der Waals surface area contributed by atoms with E-state index in [-0.39, 0.29) is 28.4 Å². The van der Waals surface area contributed by atoms with E-state index in [4.69, 9.17) is 16.3 Å². The van der Waals surface area contributed by atoms with Crippen LogP contribution in [0.25, 0.3) is 0 Å². The van der Waals surface area contributed by atoms with Crippen LogP contribution in [0.5, 0.6) is 5.75 Å². The van der Waals surface area contributed by atoms with Gasteiger partial charge in [-0.2, -0.15) is 17.5 Å². The molecule has 0 atom stereocenters. The van der Waals surface area contributed by atoms with Gasteiger partial charge in [0.25, 0.3) is 0 Å². The molecule has 2 aromatic rings. The van der Waals surface area contributed by atoms with E-state index in [2.05, 4.69) is 5.32 Å². The van der Waals surface area contributed by atoms with Crippen molar-refractivity contribution >= 4 is 33.2 Å². The number of amides is 1. The lowest BCUT2D eigenvalue weighted by Gasteiger charge is -2.26. The number of anilines is 1. The molecule has 1 aliphatic heterocycles. The molecule has 0 aliphatic carbocycles. The molecule has 0 radical (unpaired) electrons. The van der Waals surface area contributed by atoms with Gasteiger partial charge in [0.15, 0.2) is 0 Å². The van der Waals surface area contributed by atoms with E-state index < -0.39 is 27.7 Å². The molecular formula is C22H24ClF3N2O4S. The maximum Gasteiger partial charge on any atom is 0.416 e. The fourth-order valence-corrected chi connectivity index (χ4v) is 5.36. The SMILES string of the molecule is COc1ccc(S(=O)(=O)N2CCCCC2)cc1CCC(=O)Nc1cc(C(F)(F)F)ccc1Cl. The smallest absolute Gasteiger partial charge is 0.416 e. The van der Waals surface area contributed by atoms with E-state index in [9.17, 15) is 26.4 Å². The van der Waals surface area contributed by atoms with Gasteiger partial charge in [0.05, 0.1) is 28.3 Å². The number of carbonyl (C=O) groups excluding carboxylic acids is 1. The number of nitrogens with one attached hydrogen (secondary N) is 1. The second kappa shape index (κ2) is 10.3. The Hall–Kier alpha value is -2.30. The van der Waals surface area contributed by atoms with Crippen molar-refractivity contribution < 1.29 is 31.1 Å². The number of hydrogen-bond acceptors (Lipinski definition) is 4. The molecule has 33 heavy (non-hydrogen) atoms. The van der Waals surface area contributed by atoms with Crippen molar-refractivity contribution in [1.82, 2.24) is 4.31 Å². The minimum atomic E-state index is -4.57. The van der Waals surface area contributed by atoms with E-state index in [0.717, 1.165) is 37.5 Å². The fourth-order valence-electron chi connectivity index (χ4n) is 3.62. The number of piperidine rings is 1. The minimum Gasteiger partial charge on any atom is -0.496 e.